The van der Waals surface area contributed by atoms with Crippen LogP contribution in [0.25, 0.3) is 0 Å². The number of sulfonamides is 1. The fourth-order valence-corrected chi connectivity index (χ4v) is 5.05. The van der Waals surface area contributed by atoms with E-state index in [2.05, 4.69) is 10.1 Å². The molecular formula is C16H24Cl2N2O4S. The van der Waals surface area contributed by atoms with Crippen molar-refractivity contribution in [3.05, 3.63) is 28.8 Å². The lowest BCUT2D eigenvalue weighted by Crippen LogP contribution is -2.46. The van der Waals surface area contributed by atoms with Crippen LogP contribution in [0.5, 0.6) is 0 Å². The molecule has 1 N–H and O–H groups in total. The van der Waals surface area contributed by atoms with Crippen LogP contribution in [0.3, 0.4) is 0 Å². The van der Waals surface area contributed by atoms with E-state index in [-0.39, 0.29) is 33.9 Å². The Balaban J connectivity index is 0.00000312. The number of hydrogen-bond acceptors (Lipinski definition) is 5. The first-order valence-corrected chi connectivity index (χ1v) is 9.83. The summed E-state index contributed by atoms with van der Waals surface area (Å²) in [6.07, 6.45) is 2.25. The SMILES string of the molecule is CCCN(C1CCNCC1)S(=O)(=O)c1cc(Cl)cc(C(=O)OC)c1.Cl. The molecule has 1 heterocycles. The average molecular weight is 411 g/mol. The first-order chi connectivity index (χ1) is 11.4. The van der Waals surface area contributed by atoms with Gasteiger partial charge >= 0.3 is 5.97 Å². The van der Waals surface area contributed by atoms with Crippen molar-refractivity contribution in [1.82, 2.24) is 9.62 Å². The number of halogens is 2. The lowest BCUT2D eigenvalue weighted by Gasteiger charge is -2.33. The van der Waals surface area contributed by atoms with E-state index in [1.165, 1.54) is 25.3 Å². The van der Waals surface area contributed by atoms with Crippen LogP contribution in [0, 0.1) is 0 Å². The minimum absolute atomic E-state index is 0. The van der Waals surface area contributed by atoms with Gasteiger partial charge in [0.15, 0.2) is 0 Å². The zero-order valence-corrected chi connectivity index (χ0v) is 16.7. The van der Waals surface area contributed by atoms with Crippen LogP contribution in [0.1, 0.15) is 36.5 Å². The Morgan fingerprint density at radius 2 is 1.96 bits per heavy atom. The topological polar surface area (TPSA) is 75.7 Å². The lowest BCUT2D eigenvalue weighted by molar-refractivity contribution is 0.0600. The van der Waals surface area contributed by atoms with E-state index in [0.29, 0.717) is 13.0 Å². The first-order valence-electron chi connectivity index (χ1n) is 8.01. The molecule has 25 heavy (non-hydrogen) atoms. The molecule has 142 valence electrons. The van der Waals surface area contributed by atoms with Crippen LogP contribution in [-0.4, -0.2) is 51.5 Å². The van der Waals surface area contributed by atoms with Gasteiger partial charge in [0.25, 0.3) is 0 Å². The number of piperidine rings is 1. The second-order valence-corrected chi connectivity index (χ2v) is 8.09. The van der Waals surface area contributed by atoms with Crippen LogP contribution in [-0.2, 0) is 14.8 Å². The Hall–Kier alpha value is -0.860. The molecule has 0 saturated carbocycles. The molecule has 6 nitrogen and oxygen atoms in total. The van der Waals surface area contributed by atoms with Crippen LogP contribution in [0.15, 0.2) is 23.1 Å². The highest BCUT2D eigenvalue weighted by Gasteiger charge is 2.32. The molecule has 0 aromatic heterocycles. The number of nitrogens with zero attached hydrogens (tertiary/aromatic N) is 1. The Labute approximate surface area is 160 Å². The van der Waals surface area contributed by atoms with Gasteiger partial charge in [-0.3, -0.25) is 0 Å². The van der Waals surface area contributed by atoms with Gasteiger partial charge in [0.2, 0.25) is 10.0 Å². The maximum atomic E-state index is 13.1. The van der Waals surface area contributed by atoms with Gasteiger partial charge in [-0.05, 0) is 50.6 Å². The van der Waals surface area contributed by atoms with Crippen LogP contribution in [0.2, 0.25) is 5.02 Å². The number of nitrogens with one attached hydrogen (secondary N) is 1. The van der Waals surface area contributed by atoms with Crippen molar-refractivity contribution in [1.29, 1.82) is 0 Å². The minimum atomic E-state index is -3.74. The van der Waals surface area contributed by atoms with Crippen molar-refractivity contribution in [3.63, 3.8) is 0 Å². The quantitative estimate of drug-likeness (QED) is 0.729. The van der Waals surface area contributed by atoms with Gasteiger partial charge in [-0.1, -0.05) is 18.5 Å². The molecule has 1 aromatic rings. The second-order valence-electron chi connectivity index (χ2n) is 5.76. The van der Waals surface area contributed by atoms with Crippen molar-refractivity contribution in [3.8, 4) is 0 Å². The highest BCUT2D eigenvalue weighted by atomic mass is 35.5. The van der Waals surface area contributed by atoms with Gasteiger partial charge in [-0.2, -0.15) is 4.31 Å². The summed E-state index contributed by atoms with van der Waals surface area (Å²) in [7, 11) is -2.49. The minimum Gasteiger partial charge on any atom is -0.465 e. The zero-order chi connectivity index (χ0) is 17.7. The van der Waals surface area contributed by atoms with Gasteiger partial charge in [-0.25, -0.2) is 13.2 Å². The van der Waals surface area contributed by atoms with Crippen LogP contribution >= 0.6 is 24.0 Å². The molecular weight excluding hydrogens is 387 g/mol. The molecule has 0 atom stereocenters. The zero-order valence-electron chi connectivity index (χ0n) is 14.3. The molecule has 0 spiro atoms. The van der Waals surface area contributed by atoms with E-state index in [4.69, 9.17) is 11.6 Å². The number of hydrogen-bond donors (Lipinski definition) is 1. The maximum Gasteiger partial charge on any atom is 0.337 e. The van der Waals surface area contributed by atoms with E-state index in [1.54, 1.807) is 4.31 Å². The van der Waals surface area contributed by atoms with Crippen molar-refractivity contribution in [2.24, 2.45) is 0 Å². The van der Waals surface area contributed by atoms with Gasteiger partial charge in [-0.15, -0.1) is 12.4 Å². The molecule has 2 rings (SSSR count). The molecule has 0 aliphatic carbocycles. The van der Waals surface area contributed by atoms with Gasteiger partial charge < -0.3 is 10.1 Å². The number of ether oxygens (including phenoxy) is 1. The number of esters is 1. The monoisotopic (exact) mass is 410 g/mol. The molecule has 1 fully saturated rings. The van der Waals surface area contributed by atoms with Crippen molar-refractivity contribution in [2.75, 3.05) is 26.7 Å². The normalized spacial score (nSPS) is 15.7. The lowest BCUT2D eigenvalue weighted by atomic mass is 10.1. The first kappa shape index (κ1) is 22.2. The van der Waals surface area contributed by atoms with Crippen molar-refractivity contribution < 1.29 is 17.9 Å². The smallest absolute Gasteiger partial charge is 0.337 e. The molecule has 0 bridgehead atoms. The van der Waals surface area contributed by atoms with Gasteiger partial charge in [0.1, 0.15) is 0 Å². The summed E-state index contributed by atoms with van der Waals surface area (Å²) in [5.74, 6) is -0.613. The maximum absolute atomic E-state index is 13.1. The van der Waals surface area contributed by atoms with E-state index in [1.807, 2.05) is 6.92 Å². The molecule has 1 aromatic carbocycles. The third kappa shape index (κ3) is 5.31. The highest BCUT2D eigenvalue weighted by Crippen LogP contribution is 2.26. The Morgan fingerprint density at radius 1 is 1.32 bits per heavy atom. The van der Waals surface area contributed by atoms with Crippen molar-refractivity contribution in [2.45, 2.75) is 37.1 Å². The summed E-state index contributed by atoms with van der Waals surface area (Å²) in [5.41, 5.74) is 0.130. The molecule has 1 aliphatic rings. The molecule has 9 heteroatoms. The summed E-state index contributed by atoms with van der Waals surface area (Å²) < 4.78 is 32.5. The summed E-state index contributed by atoms with van der Waals surface area (Å²) in [6, 6.07) is 4.07. The summed E-state index contributed by atoms with van der Waals surface area (Å²) in [4.78, 5) is 11.8. The Kier molecular flexibility index (Phi) is 8.63. The number of methoxy groups -OCH3 is 1. The van der Waals surface area contributed by atoms with Gasteiger partial charge in [0, 0.05) is 17.6 Å². The molecule has 1 saturated heterocycles. The average Bonchev–Trinajstić information content (AvgIpc) is 2.59. The predicted octanol–water partition coefficient (Wildman–Crippen LogP) is 2.70. The standard InChI is InChI=1S/C16H23ClN2O4S.ClH/c1-3-8-19(14-4-6-18-7-5-14)24(21,22)15-10-12(16(20)23-2)9-13(17)11-15;/h9-11,14,18H,3-8H2,1-2H3;1H. The van der Waals surface area contributed by atoms with E-state index in [0.717, 1.165) is 25.9 Å². The van der Waals surface area contributed by atoms with Crippen LogP contribution in [0.4, 0.5) is 0 Å². The predicted molar refractivity (Wildman–Crippen MR) is 100 cm³/mol. The number of benzene rings is 1. The molecule has 0 unspecified atom stereocenters. The Bertz CT molecular complexity index is 691. The fourth-order valence-electron chi connectivity index (χ4n) is 2.90. The largest absolute Gasteiger partial charge is 0.465 e. The van der Waals surface area contributed by atoms with E-state index in [9.17, 15) is 13.2 Å². The third-order valence-electron chi connectivity index (χ3n) is 4.06. The van der Waals surface area contributed by atoms with E-state index >= 15 is 0 Å². The number of rotatable bonds is 6. The molecule has 0 radical (unpaired) electrons. The van der Waals surface area contributed by atoms with Crippen LogP contribution < -0.4 is 5.32 Å². The summed E-state index contributed by atoms with van der Waals surface area (Å²) >= 11 is 6.02. The third-order valence-corrected chi connectivity index (χ3v) is 6.21. The summed E-state index contributed by atoms with van der Waals surface area (Å²) in [6.45, 7) is 3.97. The van der Waals surface area contributed by atoms with Gasteiger partial charge in [0.05, 0.1) is 17.6 Å². The second kappa shape index (κ2) is 9.73. The van der Waals surface area contributed by atoms with Crippen molar-refractivity contribution >= 4 is 40.0 Å². The number of carbonyl (C=O) groups excluding carboxylic acids is 1. The summed E-state index contributed by atoms with van der Waals surface area (Å²) in [5, 5.41) is 3.43. The van der Waals surface area contributed by atoms with E-state index < -0.39 is 16.0 Å². The Morgan fingerprint density at radius 3 is 2.52 bits per heavy atom. The molecule has 1 aliphatic heterocycles. The fraction of sp³-hybridized carbons (Fsp3) is 0.562. The highest BCUT2D eigenvalue weighted by molar-refractivity contribution is 7.89. The number of carbonyl (C=O) groups is 1. The molecule has 0 amide bonds.